The van der Waals surface area contributed by atoms with Crippen molar-refractivity contribution in [3.63, 3.8) is 0 Å². The first-order valence-electron chi connectivity index (χ1n) is 4.85. The zero-order valence-electron chi connectivity index (χ0n) is 9.28. The number of ether oxygens (including phenoxy) is 1. The van der Waals surface area contributed by atoms with Crippen molar-refractivity contribution in [2.24, 2.45) is 0 Å². The van der Waals surface area contributed by atoms with Crippen LogP contribution in [-0.2, 0) is 24.3 Å². The molecule has 7 nitrogen and oxygen atoms in total. The van der Waals surface area contributed by atoms with Gasteiger partial charge in [0.2, 0.25) is 10.0 Å². The van der Waals surface area contributed by atoms with Crippen LogP contribution in [0.1, 0.15) is 13.8 Å². The van der Waals surface area contributed by atoms with E-state index in [-0.39, 0.29) is 25.4 Å². The number of carbonyl (C=O) groups excluding carboxylic acids is 2. The summed E-state index contributed by atoms with van der Waals surface area (Å²) in [4.78, 5) is 21.8. The van der Waals surface area contributed by atoms with Gasteiger partial charge in [-0.25, -0.2) is 17.9 Å². The quantitative estimate of drug-likeness (QED) is 0.447. The monoisotopic (exact) mass is 252 g/mol. The Balaban J connectivity index is 3.91. The highest BCUT2D eigenvalue weighted by Gasteiger charge is 2.15. The molecule has 0 aliphatic rings. The van der Waals surface area contributed by atoms with Crippen molar-refractivity contribution in [2.45, 2.75) is 13.8 Å². The maximum absolute atomic E-state index is 11.1. The SMILES string of the molecule is CCNS(=O)(=O)CCNC(=O)C(=O)OCC. The zero-order valence-corrected chi connectivity index (χ0v) is 10.1. The topological polar surface area (TPSA) is 102 Å². The molecule has 8 heteroatoms. The molecule has 2 N–H and O–H groups in total. The summed E-state index contributed by atoms with van der Waals surface area (Å²) in [5, 5.41) is 2.15. The summed E-state index contributed by atoms with van der Waals surface area (Å²) in [5.41, 5.74) is 0. The zero-order chi connectivity index (χ0) is 12.6. The third kappa shape index (κ3) is 6.36. The number of hydrogen-bond acceptors (Lipinski definition) is 5. The van der Waals surface area contributed by atoms with E-state index in [0.29, 0.717) is 0 Å². The lowest BCUT2D eigenvalue weighted by Crippen LogP contribution is -2.38. The van der Waals surface area contributed by atoms with Crippen LogP contribution in [0, 0.1) is 0 Å². The van der Waals surface area contributed by atoms with Gasteiger partial charge in [0.05, 0.1) is 12.4 Å². The summed E-state index contributed by atoms with van der Waals surface area (Å²) in [6, 6.07) is 0. The number of amides is 1. The van der Waals surface area contributed by atoms with E-state index in [1.165, 1.54) is 0 Å². The highest BCUT2D eigenvalue weighted by atomic mass is 32.2. The van der Waals surface area contributed by atoms with E-state index in [2.05, 4.69) is 14.8 Å². The lowest BCUT2D eigenvalue weighted by molar-refractivity contribution is -0.154. The van der Waals surface area contributed by atoms with Crippen LogP contribution in [0.3, 0.4) is 0 Å². The highest BCUT2D eigenvalue weighted by Crippen LogP contribution is 1.83. The molecule has 0 rings (SSSR count). The minimum absolute atomic E-state index is 0.0991. The molecule has 0 aromatic carbocycles. The molecule has 0 aromatic rings. The summed E-state index contributed by atoms with van der Waals surface area (Å²) >= 11 is 0. The Morgan fingerprint density at radius 3 is 2.38 bits per heavy atom. The molecule has 0 heterocycles. The van der Waals surface area contributed by atoms with E-state index in [0.717, 1.165) is 0 Å². The number of carbonyl (C=O) groups is 2. The first kappa shape index (κ1) is 14.8. The molecule has 16 heavy (non-hydrogen) atoms. The highest BCUT2D eigenvalue weighted by molar-refractivity contribution is 7.89. The second-order valence-electron chi connectivity index (χ2n) is 2.79. The van der Waals surface area contributed by atoms with Gasteiger partial charge in [-0.2, -0.15) is 0 Å². The molecule has 0 aliphatic heterocycles. The van der Waals surface area contributed by atoms with Crippen LogP contribution < -0.4 is 10.0 Å². The van der Waals surface area contributed by atoms with E-state index in [1.807, 2.05) is 0 Å². The Labute approximate surface area is 94.6 Å². The van der Waals surface area contributed by atoms with Crippen molar-refractivity contribution in [1.29, 1.82) is 0 Å². The predicted molar refractivity (Wildman–Crippen MR) is 57.1 cm³/mol. The molecule has 94 valence electrons. The van der Waals surface area contributed by atoms with Crippen LogP contribution in [0.25, 0.3) is 0 Å². The molecule has 0 bridgehead atoms. The largest absolute Gasteiger partial charge is 0.459 e. The van der Waals surface area contributed by atoms with Crippen molar-refractivity contribution in [1.82, 2.24) is 10.0 Å². The Morgan fingerprint density at radius 1 is 1.25 bits per heavy atom. The lowest BCUT2D eigenvalue weighted by Gasteiger charge is -2.05. The van der Waals surface area contributed by atoms with Gasteiger partial charge in [-0.15, -0.1) is 0 Å². The second kappa shape index (κ2) is 7.18. The van der Waals surface area contributed by atoms with Gasteiger partial charge in [0.15, 0.2) is 0 Å². The van der Waals surface area contributed by atoms with Gasteiger partial charge in [0.25, 0.3) is 0 Å². The van der Waals surface area contributed by atoms with Crippen LogP contribution in [0.2, 0.25) is 0 Å². The van der Waals surface area contributed by atoms with Gasteiger partial charge < -0.3 is 10.1 Å². The molecule has 0 radical (unpaired) electrons. The Morgan fingerprint density at radius 2 is 1.88 bits per heavy atom. The molecule has 0 fully saturated rings. The fraction of sp³-hybridized carbons (Fsp3) is 0.750. The molecule has 0 aliphatic carbocycles. The number of rotatable bonds is 6. The van der Waals surface area contributed by atoms with E-state index >= 15 is 0 Å². The number of nitrogens with one attached hydrogen (secondary N) is 2. The van der Waals surface area contributed by atoms with Gasteiger partial charge in [-0.1, -0.05) is 6.92 Å². The molecule has 0 saturated heterocycles. The Bertz CT molecular complexity index is 338. The molecule has 0 atom stereocenters. The minimum atomic E-state index is -3.38. The first-order valence-corrected chi connectivity index (χ1v) is 6.50. The molecule has 0 unspecified atom stereocenters. The van der Waals surface area contributed by atoms with Crippen molar-refractivity contribution >= 4 is 21.9 Å². The molecule has 0 saturated carbocycles. The smallest absolute Gasteiger partial charge is 0.396 e. The molecular weight excluding hydrogens is 236 g/mol. The predicted octanol–water partition coefficient (Wildman–Crippen LogP) is -1.39. The van der Waals surface area contributed by atoms with E-state index in [1.54, 1.807) is 13.8 Å². The van der Waals surface area contributed by atoms with E-state index in [9.17, 15) is 18.0 Å². The Kier molecular flexibility index (Phi) is 6.66. The first-order chi connectivity index (χ1) is 7.43. The van der Waals surface area contributed by atoms with Crippen molar-refractivity contribution in [3.05, 3.63) is 0 Å². The maximum Gasteiger partial charge on any atom is 0.396 e. The van der Waals surface area contributed by atoms with Crippen LogP contribution in [0.4, 0.5) is 0 Å². The fourth-order valence-corrected chi connectivity index (χ4v) is 1.81. The van der Waals surface area contributed by atoms with Gasteiger partial charge in [-0.3, -0.25) is 4.79 Å². The second-order valence-corrected chi connectivity index (χ2v) is 4.72. The average molecular weight is 252 g/mol. The standard InChI is InChI=1S/C8H16N2O5S/c1-3-10-16(13,14)6-5-9-7(11)8(12)15-4-2/h10H,3-6H2,1-2H3,(H,9,11). The van der Waals surface area contributed by atoms with Crippen molar-refractivity contribution in [2.75, 3.05) is 25.4 Å². The number of sulfonamides is 1. The molecule has 0 aromatic heterocycles. The summed E-state index contributed by atoms with van der Waals surface area (Å²) in [6.07, 6.45) is 0. The number of esters is 1. The van der Waals surface area contributed by atoms with E-state index in [4.69, 9.17) is 0 Å². The third-order valence-corrected chi connectivity index (χ3v) is 2.95. The molecule has 0 spiro atoms. The normalized spacial score (nSPS) is 10.9. The fourth-order valence-electron chi connectivity index (χ4n) is 0.860. The van der Waals surface area contributed by atoms with Crippen LogP contribution in [0.5, 0.6) is 0 Å². The molecule has 1 amide bonds. The third-order valence-electron chi connectivity index (χ3n) is 1.48. The minimum Gasteiger partial charge on any atom is -0.459 e. The average Bonchev–Trinajstić information content (AvgIpc) is 2.17. The van der Waals surface area contributed by atoms with Crippen molar-refractivity contribution < 1.29 is 22.7 Å². The summed E-state index contributed by atoms with van der Waals surface area (Å²) in [7, 11) is -3.38. The summed E-state index contributed by atoms with van der Waals surface area (Å²) in [6.45, 7) is 3.47. The van der Waals surface area contributed by atoms with Crippen LogP contribution in [0.15, 0.2) is 0 Å². The lowest BCUT2D eigenvalue weighted by atomic mass is 10.6. The number of hydrogen-bond donors (Lipinski definition) is 2. The van der Waals surface area contributed by atoms with Crippen LogP contribution >= 0.6 is 0 Å². The van der Waals surface area contributed by atoms with Gasteiger partial charge in [0, 0.05) is 13.1 Å². The van der Waals surface area contributed by atoms with E-state index < -0.39 is 21.9 Å². The Hall–Kier alpha value is -1.15. The maximum atomic E-state index is 11.1. The summed E-state index contributed by atoms with van der Waals surface area (Å²) in [5.74, 6) is -2.22. The van der Waals surface area contributed by atoms with Gasteiger partial charge >= 0.3 is 11.9 Å². The molecular formula is C8H16N2O5S. The van der Waals surface area contributed by atoms with Crippen LogP contribution in [-0.4, -0.2) is 45.7 Å². The summed E-state index contributed by atoms with van der Waals surface area (Å²) < 4.78 is 28.9. The van der Waals surface area contributed by atoms with Gasteiger partial charge in [0.1, 0.15) is 0 Å². The van der Waals surface area contributed by atoms with Crippen molar-refractivity contribution in [3.8, 4) is 0 Å². The van der Waals surface area contributed by atoms with Gasteiger partial charge in [-0.05, 0) is 6.92 Å².